The van der Waals surface area contributed by atoms with E-state index in [1.807, 2.05) is 0 Å². The van der Waals surface area contributed by atoms with Gasteiger partial charge in [0.15, 0.2) is 17.1 Å². The lowest BCUT2D eigenvalue weighted by atomic mass is 10.0. The van der Waals surface area contributed by atoms with Crippen molar-refractivity contribution >= 4 is 63.0 Å². The van der Waals surface area contributed by atoms with E-state index < -0.39 is 118 Å². The lowest BCUT2D eigenvalue weighted by Gasteiger charge is -2.24. The number of nitrogens with one attached hydrogen (secondary N) is 2. The third-order valence-corrected chi connectivity index (χ3v) is 13.1. The maximum atomic E-state index is 15.7. The normalized spacial score (nSPS) is 13.3. The number of amides is 3. The summed E-state index contributed by atoms with van der Waals surface area (Å²) in [5.74, 6) is -13.8. The summed E-state index contributed by atoms with van der Waals surface area (Å²) in [7, 11) is 0. The highest BCUT2D eigenvalue weighted by Gasteiger charge is 2.44. The zero-order valence-corrected chi connectivity index (χ0v) is 41.5. The Labute approximate surface area is 455 Å². The molecule has 0 bridgehead atoms. The maximum absolute atomic E-state index is 15.7. The molecule has 8 aromatic rings. The average Bonchev–Trinajstić information content (AvgIpc) is 3.97. The number of pyridine rings is 4. The van der Waals surface area contributed by atoms with Gasteiger partial charge >= 0.3 is 5.97 Å². The Hall–Kier alpha value is -9.06. The molecule has 3 aromatic carbocycles. The van der Waals surface area contributed by atoms with Gasteiger partial charge in [-0.1, -0.05) is 62.9 Å². The summed E-state index contributed by atoms with van der Waals surface area (Å²) in [6.45, 7) is -2.94. The van der Waals surface area contributed by atoms with Crippen LogP contribution in [-0.2, 0) is 37.2 Å². The van der Waals surface area contributed by atoms with Crippen molar-refractivity contribution in [1.82, 2.24) is 39.1 Å². The Kier molecular flexibility index (Phi) is 17.2. The third-order valence-electron chi connectivity index (χ3n) is 12.7. The summed E-state index contributed by atoms with van der Waals surface area (Å²) in [5.41, 5.74) is -2.90. The molecule has 0 fully saturated rings. The van der Waals surface area contributed by atoms with E-state index in [2.05, 4.69) is 25.7 Å². The van der Waals surface area contributed by atoms with Gasteiger partial charge in [0.05, 0.1) is 72.2 Å². The summed E-state index contributed by atoms with van der Waals surface area (Å²) in [5, 5.41) is 30.7. The number of imide groups is 1. The number of aromatic nitrogens is 6. The minimum Gasteiger partial charge on any atom is -0.505 e. The van der Waals surface area contributed by atoms with Crippen LogP contribution in [0.3, 0.4) is 0 Å². The van der Waals surface area contributed by atoms with E-state index in [4.69, 9.17) is 16.3 Å². The summed E-state index contributed by atoms with van der Waals surface area (Å²) in [6.07, 6.45) is 6.13. The van der Waals surface area contributed by atoms with Crippen LogP contribution in [0.2, 0.25) is 5.02 Å². The van der Waals surface area contributed by atoms with Crippen LogP contribution in [0.1, 0.15) is 85.5 Å². The summed E-state index contributed by atoms with van der Waals surface area (Å²) in [6, 6.07) is 18.4. The third kappa shape index (κ3) is 11.7. The van der Waals surface area contributed by atoms with Crippen molar-refractivity contribution in [3.05, 3.63) is 186 Å². The first kappa shape index (κ1) is 58.6. The number of rotatable bonds is 14. The molecule has 3 amide bonds. The van der Waals surface area contributed by atoms with E-state index in [9.17, 15) is 56.5 Å². The van der Waals surface area contributed by atoms with Crippen LogP contribution in [0.15, 0.2) is 113 Å². The molecule has 0 radical (unpaired) electrons. The number of aromatic hydroxyl groups is 2. The number of ether oxygens (including phenoxy) is 1. The number of carbonyl (C=O) groups excluding carboxylic acids is 4. The van der Waals surface area contributed by atoms with Gasteiger partial charge in [-0.3, -0.25) is 52.7 Å². The second-order valence-corrected chi connectivity index (χ2v) is 18.4. The Morgan fingerprint density at radius 3 is 1.93 bits per heavy atom. The molecule has 2 aliphatic rings. The molecule has 7 heterocycles. The molecule has 0 spiro atoms. The standard InChI is InChI=1S/C29H21ClF3N3O6.C24H21F3N6O3.2CH4/c1-2-42-28(41)20-24(37)22-23(21(30)16(12-34-22)11-15-7-9-17(31)10-8-15)35(27(20)40)13-29(32,33)14-36-25(38)18-5-3-4-6-19(18)26(36)39;25-16-4-2-14(3-5-16)10-15-11-29-19-20-18(15)30-12-24(26,27)13-33(20)23(36)17(21(19)34)22(35)28-7-9-32-8-1-6-31-32;;/h3-10,12,37H,2,11,13-14H2,1H3;1-6,8,11,30,34H,7,9-10,12-13H2,(H,28,35);2*1H4. The van der Waals surface area contributed by atoms with Crippen molar-refractivity contribution in [3.63, 3.8) is 0 Å². The topological polar surface area (TPSA) is 233 Å². The Balaban J connectivity index is 0.000000228. The van der Waals surface area contributed by atoms with Gasteiger partial charge in [0.1, 0.15) is 28.2 Å². The zero-order chi connectivity index (χ0) is 55.8. The first-order valence-electron chi connectivity index (χ1n) is 23.7. The van der Waals surface area contributed by atoms with Gasteiger partial charge in [0.2, 0.25) is 0 Å². The van der Waals surface area contributed by atoms with E-state index in [1.165, 1.54) is 80.0 Å². The number of carbonyl (C=O) groups is 4. The molecule has 0 saturated heterocycles. The molecule has 0 saturated carbocycles. The smallest absolute Gasteiger partial charge is 0.347 e. The molecule has 5 aromatic heterocycles. The molecule has 418 valence electrons. The van der Waals surface area contributed by atoms with Crippen LogP contribution in [-0.4, -0.2) is 106 Å². The van der Waals surface area contributed by atoms with Crippen LogP contribution in [0.5, 0.6) is 11.5 Å². The fourth-order valence-corrected chi connectivity index (χ4v) is 9.33. The first-order valence-corrected chi connectivity index (χ1v) is 24.1. The highest BCUT2D eigenvalue weighted by molar-refractivity contribution is 6.36. The molecule has 18 nitrogen and oxygen atoms in total. The lowest BCUT2D eigenvalue weighted by Crippen LogP contribution is -2.44. The molecule has 10 rings (SSSR count). The Morgan fingerprint density at radius 1 is 0.787 bits per heavy atom. The van der Waals surface area contributed by atoms with Crippen LogP contribution in [0.25, 0.3) is 22.1 Å². The summed E-state index contributed by atoms with van der Waals surface area (Å²) >= 11 is 6.61. The molecule has 2 aliphatic heterocycles. The molecule has 0 atom stereocenters. The SMILES string of the molecule is C.C.CCOC(=O)c1c(O)c2ncc(Cc3ccc(F)cc3)c(Cl)c2n(CC(F)(F)CN2C(=O)c3ccccc3C2=O)c1=O.O=C(NCCn1cccn1)c1c(O)c2ncc(Cc3ccc(F)cc3)c3c2n(c1=O)CC(F)(F)CN3. The van der Waals surface area contributed by atoms with Crippen molar-refractivity contribution in [2.45, 2.75) is 66.1 Å². The van der Waals surface area contributed by atoms with Gasteiger partial charge < -0.3 is 25.6 Å². The van der Waals surface area contributed by atoms with Crippen molar-refractivity contribution < 1.29 is 60.5 Å². The van der Waals surface area contributed by atoms with E-state index >= 15 is 8.78 Å². The van der Waals surface area contributed by atoms with Gasteiger partial charge in [0, 0.05) is 49.7 Å². The highest BCUT2D eigenvalue weighted by atomic mass is 35.5. The Bertz CT molecular complexity index is 3790. The number of nitrogens with zero attached hydrogens (tertiary/aromatic N) is 7. The van der Waals surface area contributed by atoms with Crippen molar-refractivity contribution in [2.24, 2.45) is 0 Å². The predicted octanol–water partition coefficient (Wildman–Crippen LogP) is 8.39. The van der Waals surface area contributed by atoms with Crippen LogP contribution >= 0.6 is 11.6 Å². The van der Waals surface area contributed by atoms with Crippen LogP contribution < -0.4 is 21.8 Å². The monoisotopic (exact) mass is 1130 g/mol. The fraction of sp³-hybridized carbons (Fsp3) is 0.255. The summed E-state index contributed by atoms with van der Waals surface area (Å²) < 4.78 is 95.0. The van der Waals surface area contributed by atoms with Gasteiger partial charge in [-0.15, -0.1) is 0 Å². The molecule has 0 aliphatic carbocycles. The zero-order valence-electron chi connectivity index (χ0n) is 40.7. The number of hydrogen-bond donors (Lipinski definition) is 4. The summed E-state index contributed by atoms with van der Waals surface area (Å²) in [4.78, 5) is 86.4. The molecular formula is C55H50ClF6N9O9. The van der Waals surface area contributed by atoms with Crippen LogP contribution in [0.4, 0.5) is 32.0 Å². The van der Waals surface area contributed by atoms with Gasteiger partial charge in [-0.2, -0.15) is 5.10 Å². The lowest BCUT2D eigenvalue weighted by molar-refractivity contribution is -0.0359. The number of anilines is 1. The molecule has 25 heteroatoms. The quantitative estimate of drug-likeness (QED) is 0.0456. The largest absolute Gasteiger partial charge is 0.505 e. The van der Waals surface area contributed by atoms with Gasteiger partial charge in [-0.05, 0) is 66.1 Å². The average molecular weight is 1130 g/mol. The van der Waals surface area contributed by atoms with E-state index in [-0.39, 0.29) is 79.3 Å². The predicted molar refractivity (Wildman–Crippen MR) is 283 cm³/mol. The number of halogens is 7. The Morgan fingerprint density at radius 2 is 1.35 bits per heavy atom. The van der Waals surface area contributed by atoms with E-state index in [1.54, 1.807) is 35.3 Å². The molecule has 4 N–H and O–H groups in total. The number of benzene rings is 3. The minimum absolute atomic E-state index is 0. The fourth-order valence-electron chi connectivity index (χ4n) is 9.02. The second-order valence-electron chi connectivity index (χ2n) is 18.0. The van der Waals surface area contributed by atoms with Crippen molar-refractivity contribution in [2.75, 3.05) is 31.6 Å². The van der Waals surface area contributed by atoms with Gasteiger partial charge in [-0.25, -0.2) is 31.1 Å². The number of esters is 1. The molecule has 80 heavy (non-hydrogen) atoms. The molecular weight excluding hydrogens is 1080 g/mol. The first-order chi connectivity index (χ1) is 37.2. The van der Waals surface area contributed by atoms with Crippen molar-refractivity contribution in [3.8, 4) is 11.5 Å². The number of fused-ring (bicyclic) bond motifs is 2. The maximum Gasteiger partial charge on any atom is 0.347 e. The minimum atomic E-state index is -3.91. The van der Waals surface area contributed by atoms with Crippen LogP contribution in [0, 0.1) is 11.6 Å². The highest BCUT2D eigenvalue weighted by Crippen LogP contribution is 2.38. The van der Waals surface area contributed by atoms with E-state index in [0.29, 0.717) is 32.7 Å². The molecule has 0 unspecified atom stereocenters. The van der Waals surface area contributed by atoms with E-state index in [0.717, 1.165) is 4.57 Å². The van der Waals surface area contributed by atoms with Gasteiger partial charge in [0.25, 0.3) is 40.7 Å². The number of alkyl halides is 4. The van der Waals surface area contributed by atoms with Crippen molar-refractivity contribution in [1.29, 1.82) is 0 Å². The number of hydrogen-bond acceptors (Lipinski definition) is 13. The second kappa shape index (κ2) is 23.5.